The van der Waals surface area contributed by atoms with Gasteiger partial charge in [0.15, 0.2) is 0 Å². The van der Waals surface area contributed by atoms with Gasteiger partial charge in [-0.15, -0.1) is 13.2 Å². The minimum atomic E-state index is -4.75. The quantitative estimate of drug-likeness (QED) is 0.247. The summed E-state index contributed by atoms with van der Waals surface area (Å²) in [6.07, 6.45) is 0.348. The molecule has 5 rings (SSSR count). The number of ether oxygens (including phenoxy) is 1. The highest BCUT2D eigenvalue weighted by atomic mass is 35.5. The van der Waals surface area contributed by atoms with E-state index >= 15 is 0 Å². The standard InChI is InChI=1S/C35H42ClF3N2O5S/c1-4-7-22(3)32(18-35(37,38)39)47(44,45)40-33(43)24-10-14-31-29(17-24)41(19-25-9-12-27(25)30(42)5-2)20-34(21-46-31)15-6-8-23-16-26(36)11-13-28(23)34/h4-5,10-11,13-14,16-17,22,25,27,30,32,42H,1-2,6-9,12,15,18-21H2,3H3,(H,40,43)/t22-,25?,27?,30-,32-,34-/m0/s1. The van der Waals surface area contributed by atoms with E-state index in [4.69, 9.17) is 16.3 Å². The molecule has 1 saturated carbocycles. The predicted molar refractivity (Wildman–Crippen MR) is 177 cm³/mol. The molecule has 2 aromatic rings. The fourth-order valence-corrected chi connectivity index (χ4v) is 9.36. The number of fused-ring (bicyclic) bond motifs is 3. The molecule has 1 fully saturated rings. The van der Waals surface area contributed by atoms with Crippen LogP contribution in [0, 0.1) is 17.8 Å². The van der Waals surface area contributed by atoms with Crippen LogP contribution in [0.4, 0.5) is 18.9 Å². The lowest BCUT2D eigenvalue weighted by Crippen LogP contribution is -2.49. The van der Waals surface area contributed by atoms with Gasteiger partial charge in [0.25, 0.3) is 5.91 Å². The third-order valence-corrected chi connectivity index (χ3v) is 12.3. The minimum absolute atomic E-state index is 0.0215. The van der Waals surface area contributed by atoms with E-state index in [-0.39, 0.29) is 23.8 Å². The van der Waals surface area contributed by atoms with Crippen molar-refractivity contribution in [2.45, 2.75) is 74.8 Å². The largest absolute Gasteiger partial charge is 0.490 e. The maximum Gasteiger partial charge on any atom is 0.390 e. The Balaban J connectivity index is 1.49. The molecular formula is C35H42ClF3N2O5S. The Morgan fingerprint density at radius 1 is 1.23 bits per heavy atom. The predicted octanol–water partition coefficient (Wildman–Crippen LogP) is 6.98. The van der Waals surface area contributed by atoms with Crippen LogP contribution >= 0.6 is 11.6 Å². The monoisotopic (exact) mass is 694 g/mol. The Labute approximate surface area is 279 Å². The lowest BCUT2D eigenvalue weighted by molar-refractivity contribution is -0.136. The summed E-state index contributed by atoms with van der Waals surface area (Å²) in [5, 5.41) is 9.36. The molecule has 47 heavy (non-hydrogen) atoms. The summed E-state index contributed by atoms with van der Waals surface area (Å²) in [4.78, 5) is 15.6. The number of anilines is 1. The van der Waals surface area contributed by atoms with E-state index in [2.05, 4.69) is 24.1 Å². The zero-order valence-electron chi connectivity index (χ0n) is 26.4. The van der Waals surface area contributed by atoms with E-state index in [1.165, 1.54) is 19.1 Å². The van der Waals surface area contributed by atoms with Crippen molar-refractivity contribution < 1.29 is 36.2 Å². The number of sulfonamides is 1. The van der Waals surface area contributed by atoms with Crippen LogP contribution in [0.5, 0.6) is 5.75 Å². The molecule has 1 spiro atoms. The van der Waals surface area contributed by atoms with Crippen molar-refractivity contribution in [1.82, 2.24) is 4.72 Å². The topological polar surface area (TPSA) is 95.9 Å². The first-order chi connectivity index (χ1) is 22.2. The van der Waals surface area contributed by atoms with E-state index < -0.39 is 51.2 Å². The Kier molecular flexibility index (Phi) is 10.4. The maximum atomic E-state index is 13.4. The Morgan fingerprint density at radius 2 is 2.00 bits per heavy atom. The number of alkyl halides is 3. The Hall–Kier alpha value is -3.02. The number of allylic oxidation sites excluding steroid dienone is 1. The average Bonchev–Trinajstić information content (AvgIpc) is 3.14. The molecule has 256 valence electrons. The lowest BCUT2D eigenvalue weighted by atomic mass is 9.68. The molecule has 1 aliphatic heterocycles. The van der Waals surface area contributed by atoms with E-state index in [9.17, 15) is 31.5 Å². The van der Waals surface area contributed by atoms with Crippen molar-refractivity contribution >= 4 is 33.2 Å². The van der Waals surface area contributed by atoms with E-state index in [1.807, 2.05) is 16.9 Å². The number of nitrogens with zero attached hydrogens (tertiary/aromatic N) is 1. The molecule has 0 radical (unpaired) electrons. The highest BCUT2D eigenvalue weighted by molar-refractivity contribution is 7.90. The van der Waals surface area contributed by atoms with Gasteiger partial charge >= 0.3 is 6.18 Å². The van der Waals surface area contributed by atoms with Gasteiger partial charge in [0.05, 0.1) is 30.1 Å². The summed E-state index contributed by atoms with van der Waals surface area (Å²) >= 11 is 6.36. The van der Waals surface area contributed by atoms with Crippen molar-refractivity contribution in [3.05, 3.63) is 83.4 Å². The number of rotatable bonds is 11. The Bertz CT molecular complexity index is 1620. The number of hydrogen-bond acceptors (Lipinski definition) is 6. The normalized spacial score (nSPS) is 24.4. The molecule has 6 atom stereocenters. The van der Waals surface area contributed by atoms with Gasteiger partial charge in [-0.25, -0.2) is 13.1 Å². The van der Waals surface area contributed by atoms with Crippen molar-refractivity contribution in [1.29, 1.82) is 0 Å². The van der Waals surface area contributed by atoms with E-state index in [0.29, 0.717) is 36.2 Å². The SMILES string of the molecule is C=CC[C@H](C)[C@H](CC(F)(F)F)S(=O)(=O)NC(=O)c1ccc2c(c1)N(CC1CCC1[C@@H](O)C=C)C[C@@]1(CCCc3cc(Cl)ccc31)CO2. The third kappa shape index (κ3) is 7.67. The minimum Gasteiger partial charge on any atom is -0.490 e. The number of halogens is 4. The molecule has 0 bridgehead atoms. The second-order valence-electron chi connectivity index (χ2n) is 13.4. The van der Waals surface area contributed by atoms with Crippen LogP contribution in [0.3, 0.4) is 0 Å². The number of aliphatic hydroxyl groups is 1. The van der Waals surface area contributed by atoms with Crippen molar-refractivity contribution in [2.75, 3.05) is 24.6 Å². The highest BCUT2D eigenvalue weighted by Crippen LogP contribution is 2.46. The van der Waals surface area contributed by atoms with Crippen LogP contribution in [0.1, 0.15) is 66.9 Å². The average molecular weight is 695 g/mol. The molecule has 7 nitrogen and oxygen atoms in total. The summed E-state index contributed by atoms with van der Waals surface area (Å²) in [5.41, 5.74) is 2.47. The summed E-state index contributed by atoms with van der Waals surface area (Å²) in [7, 11) is -4.72. The van der Waals surface area contributed by atoms with Crippen LogP contribution in [-0.4, -0.2) is 56.7 Å². The summed E-state index contributed by atoms with van der Waals surface area (Å²) in [6, 6.07) is 10.5. The van der Waals surface area contributed by atoms with Crippen LogP contribution in [-0.2, 0) is 21.9 Å². The highest BCUT2D eigenvalue weighted by Gasteiger charge is 2.45. The van der Waals surface area contributed by atoms with E-state index in [1.54, 1.807) is 18.2 Å². The number of carbonyl (C=O) groups excluding carboxylic acids is 1. The number of aryl methyl sites for hydroxylation is 1. The van der Waals surface area contributed by atoms with Gasteiger partial charge in [-0.05, 0) is 97.7 Å². The molecule has 12 heteroatoms. The summed E-state index contributed by atoms with van der Waals surface area (Å²) in [6.45, 7) is 10.1. The third-order valence-electron chi connectivity index (χ3n) is 10.2. The van der Waals surface area contributed by atoms with Crippen molar-refractivity contribution in [3.63, 3.8) is 0 Å². The van der Waals surface area contributed by atoms with Crippen LogP contribution in [0.2, 0.25) is 5.02 Å². The molecule has 1 amide bonds. The zero-order chi connectivity index (χ0) is 34.1. The van der Waals surface area contributed by atoms with Crippen molar-refractivity contribution in [2.24, 2.45) is 17.8 Å². The molecule has 0 aromatic heterocycles. The number of hydrogen-bond donors (Lipinski definition) is 2. The van der Waals surface area contributed by atoms with Crippen LogP contribution < -0.4 is 14.4 Å². The molecule has 0 saturated heterocycles. The fourth-order valence-electron chi connectivity index (χ4n) is 7.51. The molecule has 2 aromatic carbocycles. The van der Waals surface area contributed by atoms with Gasteiger partial charge in [0.2, 0.25) is 10.0 Å². The van der Waals surface area contributed by atoms with Crippen LogP contribution in [0.15, 0.2) is 61.7 Å². The molecule has 3 aliphatic rings. The van der Waals surface area contributed by atoms with Gasteiger partial charge in [0.1, 0.15) is 5.75 Å². The second kappa shape index (κ2) is 13.8. The van der Waals surface area contributed by atoms with Gasteiger partial charge < -0.3 is 14.7 Å². The van der Waals surface area contributed by atoms with Crippen LogP contribution in [0.25, 0.3) is 0 Å². The zero-order valence-corrected chi connectivity index (χ0v) is 28.0. The number of carbonyl (C=O) groups is 1. The van der Waals surface area contributed by atoms with Gasteiger partial charge in [0, 0.05) is 29.1 Å². The van der Waals surface area contributed by atoms with Gasteiger partial charge in [-0.1, -0.05) is 36.7 Å². The number of benzene rings is 2. The maximum absolute atomic E-state index is 13.4. The van der Waals surface area contributed by atoms with E-state index in [0.717, 1.165) is 43.2 Å². The molecular weight excluding hydrogens is 653 g/mol. The lowest BCUT2D eigenvalue weighted by Gasteiger charge is -2.45. The summed E-state index contributed by atoms with van der Waals surface area (Å²) < 4.78 is 75.1. The molecule has 2 aliphatic carbocycles. The molecule has 2 unspecified atom stereocenters. The fraction of sp³-hybridized carbons (Fsp3) is 0.514. The summed E-state index contributed by atoms with van der Waals surface area (Å²) in [5.74, 6) is -1.29. The molecule has 1 heterocycles. The number of aliphatic hydroxyl groups excluding tert-OH is 1. The van der Waals surface area contributed by atoms with Crippen molar-refractivity contribution in [3.8, 4) is 5.75 Å². The smallest absolute Gasteiger partial charge is 0.390 e. The molecule has 2 N–H and O–H groups in total. The van der Waals surface area contributed by atoms with Gasteiger partial charge in [-0.3, -0.25) is 4.79 Å². The second-order valence-corrected chi connectivity index (χ2v) is 15.7. The van der Waals surface area contributed by atoms with Gasteiger partial charge in [-0.2, -0.15) is 13.2 Å². The first-order valence-corrected chi connectivity index (χ1v) is 17.9. The first-order valence-electron chi connectivity index (χ1n) is 16.0. The number of nitrogens with one attached hydrogen (secondary N) is 1. The number of amides is 1. The first kappa shape index (κ1) is 35.3. The Morgan fingerprint density at radius 3 is 2.66 bits per heavy atom.